The first kappa shape index (κ1) is 21.6. The first-order valence-electron chi connectivity index (χ1n) is 9.59. The van der Waals surface area contributed by atoms with E-state index >= 15 is 0 Å². The molecule has 0 aliphatic carbocycles. The number of hydrogen-bond donors (Lipinski definition) is 4. The van der Waals surface area contributed by atoms with Crippen LogP contribution in [0.5, 0.6) is 5.75 Å². The lowest BCUT2D eigenvalue weighted by molar-refractivity contribution is 0.0672. The lowest BCUT2D eigenvalue weighted by Gasteiger charge is -2.23. The number of rotatable bonds is 8. The maximum absolute atomic E-state index is 10.1. The number of hydrogen-bond acceptors (Lipinski definition) is 7. The number of anilines is 2. The fourth-order valence-corrected chi connectivity index (χ4v) is 3.81. The number of halogens is 1. The standard InChI is InChI=1S/C20H27IN6O2/c1-5-27-11-23-16-17(22-10-13-8-14(21)6-7-15(13)28)25-19(26-18(16)27)24-12(2)9-20(3,4)29/h6-8,11-12,28-29H,5,9-10H2,1-4H3,(H2,22,24,25,26). The number of imidazole rings is 1. The Labute approximate surface area is 183 Å². The summed E-state index contributed by atoms with van der Waals surface area (Å²) in [6.45, 7) is 8.73. The van der Waals surface area contributed by atoms with Crippen molar-refractivity contribution in [1.29, 1.82) is 0 Å². The van der Waals surface area contributed by atoms with E-state index in [-0.39, 0.29) is 11.8 Å². The summed E-state index contributed by atoms with van der Waals surface area (Å²) < 4.78 is 3.00. The highest BCUT2D eigenvalue weighted by molar-refractivity contribution is 14.1. The van der Waals surface area contributed by atoms with E-state index < -0.39 is 5.60 Å². The number of nitrogens with zero attached hydrogens (tertiary/aromatic N) is 4. The molecule has 0 spiro atoms. The zero-order valence-electron chi connectivity index (χ0n) is 17.1. The van der Waals surface area contributed by atoms with Crippen molar-refractivity contribution in [2.75, 3.05) is 10.6 Å². The lowest BCUT2D eigenvalue weighted by Crippen LogP contribution is -2.29. The van der Waals surface area contributed by atoms with Crippen LogP contribution in [0.4, 0.5) is 11.8 Å². The summed E-state index contributed by atoms with van der Waals surface area (Å²) in [7, 11) is 0. The molecular weight excluding hydrogens is 483 g/mol. The molecule has 156 valence electrons. The number of aromatic hydroxyl groups is 1. The molecule has 1 unspecified atom stereocenters. The van der Waals surface area contributed by atoms with Gasteiger partial charge in [0.05, 0.1) is 11.9 Å². The summed E-state index contributed by atoms with van der Waals surface area (Å²) in [5.41, 5.74) is 1.40. The van der Waals surface area contributed by atoms with E-state index in [0.717, 1.165) is 21.3 Å². The molecule has 1 aromatic carbocycles. The normalized spacial score (nSPS) is 12.9. The van der Waals surface area contributed by atoms with Gasteiger partial charge in [0.25, 0.3) is 0 Å². The Kier molecular flexibility index (Phi) is 6.47. The molecule has 3 aromatic rings. The van der Waals surface area contributed by atoms with Crippen LogP contribution >= 0.6 is 22.6 Å². The van der Waals surface area contributed by atoms with E-state index in [1.807, 2.05) is 30.5 Å². The smallest absolute Gasteiger partial charge is 0.226 e. The summed E-state index contributed by atoms with van der Waals surface area (Å²) in [6, 6.07) is 5.46. The van der Waals surface area contributed by atoms with Crippen LogP contribution in [0.1, 0.15) is 39.7 Å². The average Bonchev–Trinajstić information content (AvgIpc) is 3.03. The van der Waals surface area contributed by atoms with E-state index in [9.17, 15) is 10.2 Å². The number of benzene rings is 1. The Morgan fingerprint density at radius 3 is 2.72 bits per heavy atom. The van der Waals surface area contributed by atoms with Gasteiger partial charge >= 0.3 is 0 Å². The van der Waals surface area contributed by atoms with Crippen molar-refractivity contribution in [3.8, 4) is 5.75 Å². The van der Waals surface area contributed by atoms with E-state index in [0.29, 0.717) is 30.2 Å². The molecule has 0 saturated heterocycles. The highest BCUT2D eigenvalue weighted by atomic mass is 127. The number of fused-ring (bicyclic) bond motifs is 1. The van der Waals surface area contributed by atoms with E-state index in [2.05, 4.69) is 48.2 Å². The van der Waals surface area contributed by atoms with Crippen LogP contribution in [0.2, 0.25) is 0 Å². The fourth-order valence-electron chi connectivity index (χ4n) is 3.26. The summed E-state index contributed by atoms with van der Waals surface area (Å²) in [5, 5.41) is 26.8. The van der Waals surface area contributed by atoms with Gasteiger partial charge in [-0.2, -0.15) is 9.97 Å². The molecule has 0 saturated carbocycles. The van der Waals surface area contributed by atoms with Gasteiger partial charge in [0.15, 0.2) is 17.0 Å². The molecular formula is C20H27IN6O2. The third kappa shape index (κ3) is 5.47. The molecule has 0 bridgehead atoms. The zero-order chi connectivity index (χ0) is 21.2. The number of aryl methyl sites for hydroxylation is 1. The second kappa shape index (κ2) is 8.70. The topological polar surface area (TPSA) is 108 Å². The Balaban J connectivity index is 1.90. The van der Waals surface area contributed by atoms with Crippen molar-refractivity contribution in [2.24, 2.45) is 0 Å². The van der Waals surface area contributed by atoms with Gasteiger partial charge in [-0.15, -0.1) is 0 Å². The Bertz CT molecular complexity index is 999. The molecule has 3 rings (SSSR count). The first-order chi connectivity index (χ1) is 13.7. The Morgan fingerprint density at radius 1 is 1.28 bits per heavy atom. The molecule has 8 nitrogen and oxygen atoms in total. The molecule has 9 heteroatoms. The fraction of sp³-hybridized carbons (Fsp3) is 0.450. The van der Waals surface area contributed by atoms with Crippen molar-refractivity contribution >= 4 is 45.5 Å². The first-order valence-corrected chi connectivity index (χ1v) is 10.7. The SMILES string of the molecule is CCn1cnc2c(NCc3cc(I)ccc3O)nc(NC(C)CC(C)(C)O)nc21. The second-order valence-electron chi connectivity index (χ2n) is 7.79. The lowest BCUT2D eigenvalue weighted by atomic mass is 10.0. The average molecular weight is 510 g/mol. The molecule has 4 N–H and O–H groups in total. The van der Waals surface area contributed by atoms with Gasteiger partial charge < -0.3 is 25.4 Å². The van der Waals surface area contributed by atoms with Gasteiger partial charge in [-0.05, 0) is 74.9 Å². The van der Waals surface area contributed by atoms with Gasteiger partial charge in [-0.3, -0.25) is 0 Å². The molecule has 29 heavy (non-hydrogen) atoms. The highest BCUT2D eigenvalue weighted by Crippen LogP contribution is 2.25. The van der Waals surface area contributed by atoms with Crippen LogP contribution in [-0.4, -0.2) is 41.4 Å². The molecule has 2 aromatic heterocycles. The number of phenols is 1. The minimum absolute atomic E-state index is 0.0157. The Hall–Kier alpha value is -2.14. The van der Waals surface area contributed by atoms with Crippen molar-refractivity contribution in [3.63, 3.8) is 0 Å². The number of aliphatic hydroxyl groups is 1. The van der Waals surface area contributed by atoms with E-state index in [1.54, 1.807) is 26.2 Å². The van der Waals surface area contributed by atoms with Gasteiger partial charge in [0.2, 0.25) is 5.95 Å². The van der Waals surface area contributed by atoms with E-state index in [4.69, 9.17) is 0 Å². The molecule has 0 fully saturated rings. The van der Waals surface area contributed by atoms with Gasteiger partial charge in [0.1, 0.15) is 5.75 Å². The minimum atomic E-state index is -0.787. The Morgan fingerprint density at radius 2 is 2.03 bits per heavy atom. The molecule has 2 heterocycles. The molecule has 0 amide bonds. The molecule has 1 atom stereocenters. The van der Waals surface area contributed by atoms with Crippen molar-refractivity contribution in [1.82, 2.24) is 19.5 Å². The van der Waals surface area contributed by atoms with Crippen LogP contribution in [0.3, 0.4) is 0 Å². The van der Waals surface area contributed by atoms with Crippen LogP contribution < -0.4 is 10.6 Å². The summed E-state index contributed by atoms with van der Waals surface area (Å²) in [5.74, 6) is 1.30. The zero-order valence-corrected chi connectivity index (χ0v) is 19.2. The molecule has 0 aliphatic heterocycles. The quantitative estimate of drug-likeness (QED) is 0.342. The third-order valence-electron chi connectivity index (χ3n) is 4.47. The number of phenolic OH excluding ortho intramolecular Hbond substituents is 1. The van der Waals surface area contributed by atoms with Gasteiger partial charge in [-0.25, -0.2) is 4.98 Å². The predicted octanol–water partition coefficient (Wildman–Crippen LogP) is 3.73. The predicted molar refractivity (Wildman–Crippen MR) is 123 cm³/mol. The summed E-state index contributed by atoms with van der Waals surface area (Å²) >= 11 is 2.22. The van der Waals surface area contributed by atoms with Crippen molar-refractivity contribution < 1.29 is 10.2 Å². The number of nitrogens with one attached hydrogen (secondary N) is 2. The van der Waals surface area contributed by atoms with Crippen molar-refractivity contribution in [3.05, 3.63) is 33.7 Å². The number of aromatic nitrogens is 4. The van der Waals surface area contributed by atoms with Gasteiger partial charge in [0, 0.05) is 28.3 Å². The molecule has 0 radical (unpaired) electrons. The highest BCUT2D eigenvalue weighted by Gasteiger charge is 2.19. The monoisotopic (exact) mass is 510 g/mol. The molecule has 0 aliphatic rings. The third-order valence-corrected chi connectivity index (χ3v) is 5.14. The van der Waals surface area contributed by atoms with Crippen LogP contribution in [-0.2, 0) is 13.1 Å². The largest absolute Gasteiger partial charge is 0.508 e. The summed E-state index contributed by atoms with van der Waals surface area (Å²) in [4.78, 5) is 13.7. The maximum atomic E-state index is 10.1. The van der Waals surface area contributed by atoms with E-state index in [1.165, 1.54) is 0 Å². The van der Waals surface area contributed by atoms with Crippen molar-refractivity contribution in [2.45, 2.75) is 58.8 Å². The minimum Gasteiger partial charge on any atom is -0.508 e. The van der Waals surface area contributed by atoms with Crippen LogP contribution in [0, 0.1) is 3.57 Å². The van der Waals surface area contributed by atoms with Crippen LogP contribution in [0.15, 0.2) is 24.5 Å². The van der Waals surface area contributed by atoms with Gasteiger partial charge in [-0.1, -0.05) is 0 Å². The van der Waals surface area contributed by atoms with Crippen LogP contribution in [0.25, 0.3) is 11.2 Å². The summed E-state index contributed by atoms with van der Waals surface area (Å²) in [6.07, 6.45) is 2.30. The second-order valence-corrected chi connectivity index (χ2v) is 9.03. The maximum Gasteiger partial charge on any atom is 0.226 e.